The van der Waals surface area contributed by atoms with Crippen LogP contribution in [0.3, 0.4) is 0 Å². The van der Waals surface area contributed by atoms with Gasteiger partial charge in [-0.25, -0.2) is 8.42 Å². The molecule has 31 heavy (non-hydrogen) atoms. The molecule has 0 heterocycles. The second kappa shape index (κ2) is 10.6. The Hall–Kier alpha value is -2.56. The van der Waals surface area contributed by atoms with Gasteiger partial charge in [-0.15, -0.1) is 0 Å². The Balaban J connectivity index is 0.000000366. The molecule has 0 aliphatic carbocycles. The maximum atomic E-state index is 10.7. The van der Waals surface area contributed by atoms with Gasteiger partial charge >= 0.3 is 148 Å². The van der Waals surface area contributed by atoms with E-state index in [2.05, 4.69) is 85.3 Å². The molecule has 0 bridgehead atoms. The summed E-state index contributed by atoms with van der Waals surface area (Å²) < 4.78 is 61.6. The third kappa shape index (κ3) is 7.89. The summed E-state index contributed by atoms with van der Waals surface area (Å²) in [5, 5.41) is 0. The van der Waals surface area contributed by atoms with Crippen LogP contribution >= 0.6 is 0 Å². The Morgan fingerprint density at radius 3 is 1.52 bits per heavy atom. The van der Waals surface area contributed by atoms with Crippen LogP contribution in [0.5, 0.6) is 0 Å². The predicted molar refractivity (Wildman–Crippen MR) is 116 cm³/mol. The van der Waals surface area contributed by atoms with E-state index in [-0.39, 0.29) is 0 Å². The normalized spacial score (nSPS) is 11.2. The first-order valence-corrected chi connectivity index (χ1v) is 12.9. The number of halogens is 3. The molecular weight excluding hydrogens is 492 g/mol. The van der Waals surface area contributed by atoms with Crippen LogP contribution in [-0.4, -0.2) is 32.4 Å². The summed E-state index contributed by atoms with van der Waals surface area (Å²) in [4.78, 5) is 3.58. The third-order valence-electron chi connectivity index (χ3n) is 3.87. The van der Waals surface area contributed by atoms with Gasteiger partial charge in [-0.1, -0.05) is 0 Å². The molecule has 0 saturated carbocycles. The molecule has 162 valence electrons. The fourth-order valence-corrected chi connectivity index (χ4v) is 5.47. The molecule has 0 fully saturated rings. The number of alkyl halides is 3. The molecule has 0 radical (unpaired) electrons. The van der Waals surface area contributed by atoms with Crippen LogP contribution in [0.2, 0.25) is 0 Å². The number of aryl methyl sites for hydroxylation is 2. The van der Waals surface area contributed by atoms with Gasteiger partial charge in [0.15, 0.2) is 10.1 Å². The molecule has 0 aliphatic rings. The SMILES string of the molecule is Cc1ccc([Se+](C#Cc2ccccc2)c2ccc(C)cc2)cc1.O=S(=O)([O-])C(F)(F)F. The maximum absolute atomic E-state index is 10.7. The van der Waals surface area contributed by atoms with E-state index in [1.165, 1.54) is 20.1 Å². The zero-order valence-corrected chi connectivity index (χ0v) is 19.2. The van der Waals surface area contributed by atoms with Gasteiger partial charge in [0.25, 0.3) is 0 Å². The van der Waals surface area contributed by atoms with Crippen LogP contribution in [0.4, 0.5) is 13.2 Å². The van der Waals surface area contributed by atoms with E-state index in [9.17, 15) is 13.2 Å². The maximum Gasteiger partial charge on any atom is 0.485 e. The van der Waals surface area contributed by atoms with Crippen molar-refractivity contribution in [1.82, 2.24) is 0 Å². The average molecular weight is 511 g/mol. The van der Waals surface area contributed by atoms with Crippen LogP contribution in [0.25, 0.3) is 0 Å². The van der Waals surface area contributed by atoms with Crippen molar-refractivity contribution in [2.45, 2.75) is 19.4 Å². The minimum Gasteiger partial charge on any atom is -0.741 e. The molecule has 0 atom stereocenters. The molecule has 3 rings (SSSR count). The predicted octanol–water partition coefficient (Wildman–Crippen LogP) is 3.55. The number of benzene rings is 3. The average Bonchev–Trinajstić information content (AvgIpc) is 2.70. The fourth-order valence-electron chi connectivity index (χ4n) is 2.23. The standard InChI is InChI=1S/C22H19Se.CHF3O3S/c1-18-8-12-21(13-9-18)23(22-14-10-19(2)11-15-22)17-16-20-6-4-3-5-7-20;2-1(3,4)8(5,6)7/h3-15H,1-2H3;(H,5,6,7)/q+1;/p-1. The fraction of sp³-hybridized carbons (Fsp3) is 0.130. The van der Waals surface area contributed by atoms with Crippen LogP contribution in [0, 0.1) is 24.6 Å². The second-order valence-corrected chi connectivity index (χ2v) is 11.5. The minimum atomic E-state index is -6.09. The molecular formula is C23H19F3O3SSe. The van der Waals surface area contributed by atoms with Gasteiger partial charge < -0.3 is 4.55 Å². The second-order valence-electron chi connectivity index (χ2n) is 6.43. The summed E-state index contributed by atoms with van der Waals surface area (Å²) >= 11 is -1.36. The molecule has 0 saturated heterocycles. The van der Waals surface area contributed by atoms with Gasteiger partial charge in [0.05, 0.1) is 0 Å². The summed E-state index contributed by atoms with van der Waals surface area (Å²) in [5.41, 5.74) is -1.98. The first-order valence-electron chi connectivity index (χ1n) is 8.94. The van der Waals surface area contributed by atoms with Crippen LogP contribution in [-0.2, 0) is 10.1 Å². The Bertz CT molecular complexity index is 1100. The largest absolute Gasteiger partial charge is 0.741 e. The molecule has 3 aromatic carbocycles. The van der Waals surface area contributed by atoms with Crippen LogP contribution in [0.15, 0.2) is 78.9 Å². The summed E-state index contributed by atoms with van der Waals surface area (Å²) in [6, 6.07) is 27.9. The van der Waals surface area contributed by atoms with Gasteiger partial charge in [-0.3, -0.25) is 0 Å². The number of hydrogen-bond donors (Lipinski definition) is 0. The van der Waals surface area contributed by atoms with Crippen molar-refractivity contribution in [3.63, 3.8) is 0 Å². The van der Waals surface area contributed by atoms with Crippen molar-refractivity contribution in [3.05, 3.63) is 95.6 Å². The van der Waals surface area contributed by atoms with Crippen molar-refractivity contribution < 1.29 is 26.1 Å². The first kappa shape index (κ1) is 24.7. The molecule has 0 spiro atoms. The van der Waals surface area contributed by atoms with Gasteiger partial charge in [0.2, 0.25) is 0 Å². The molecule has 3 aromatic rings. The van der Waals surface area contributed by atoms with Gasteiger partial charge in [-0.2, -0.15) is 13.2 Å². The number of rotatable bonds is 2. The molecule has 0 aliphatic heterocycles. The zero-order chi connectivity index (χ0) is 23.1. The molecule has 0 N–H and O–H groups in total. The summed E-state index contributed by atoms with van der Waals surface area (Å²) in [7, 11) is -6.09. The Morgan fingerprint density at radius 2 is 1.16 bits per heavy atom. The molecule has 0 aromatic heterocycles. The Kier molecular flexibility index (Phi) is 8.49. The summed E-state index contributed by atoms with van der Waals surface area (Å²) in [6.07, 6.45) is 0. The van der Waals surface area contributed by atoms with Crippen molar-refractivity contribution in [2.24, 2.45) is 0 Å². The van der Waals surface area contributed by atoms with Gasteiger partial charge in [-0.05, 0) is 0 Å². The van der Waals surface area contributed by atoms with E-state index in [0.29, 0.717) is 0 Å². The Morgan fingerprint density at radius 1 is 0.774 bits per heavy atom. The van der Waals surface area contributed by atoms with E-state index >= 15 is 0 Å². The third-order valence-corrected chi connectivity index (χ3v) is 8.20. The monoisotopic (exact) mass is 512 g/mol. The summed E-state index contributed by atoms with van der Waals surface area (Å²) in [6.45, 7) is 4.25. The van der Waals surface area contributed by atoms with E-state index < -0.39 is 29.5 Å². The van der Waals surface area contributed by atoms with Crippen molar-refractivity contribution in [1.29, 1.82) is 0 Å². The number of hydrogen-bond acceptors (Lipinski definition) is 3. The molecule has 8 heteroatoms. The quantitative estimate of drug-likeness (QED) is 0.229. The van der Waals surface area contributed by atoms with E-state index in [4.69, 9.17) is 13.0 Å². The smallest absolute Gasteiger partial charge is 0.485 e. The Labute approximate surface area is 184 Å². The van der Waals surface area contributed by atoms with Gasteiger partial charge in [0.1, 0.15) is 0 Å². The van der Waals surface area contributed by atoms with Crippen LogP contribution < -0.4 is 8.92 Å². The summed E-state index contributed by atoms with van der Waals surface area (Å²) in [5.74, 6) is 3.38. The van der Waals surface area contributed by atoms with E-state index in [0.717, 1.165) is 5.56 Å². The first-order chi connectivity index (χ1) is 14.5. The van der Waals surface area contributed by atoms with Gasteiger partial charge in [0, 0.05) is 0 Å². The minimum absolute atomic E-state index is 1.08. The van der Waals surface area contributed by atoms with Crippen molar-refractivity contribution in [3.8, 4) is 10.7 Å². The molecule has 0 amide bonds. The molecule has 0 unspecified atom stereocenters. The van der Waals surface area contributed by atoms with Crippen molar-refractivity contribution in [2.75, 3.05) is 0 Å². The van der Waals surface area contributed by atoms with Crippen LogP contribution in [0.1, 0.15) is 16.7 Å². The molecule has 3 nitrogen and oxygen atoms in total. The van der Waals surface area contributed by atoms with E-state index in [1.807, 2.05) is 18.2 Å². The topological polar surface area (TPSA) is 57.2 Å². The zero-order valence-electron chi connectivity index (χ0n) is 16.7. The van der Waals surface area contributed by atoms with E-state index in [1.54, 1.807) is 0 Å². The van der Waals surface area contributed by atoms with Crippen molar-refractivity contribution >= 4 is 32.9 Å².